The number of hydrogen-bond donors (Lipinski definition) is 2. The lowest BCUT2D eigenvalue weighted by atomic mass is 10.1. The van der Waals surface area contributed by atoms with Crippen LogP contribution in [-0.4, -0.2) is 41.1 Å². The van der Waals surface area contributed by atoms with Crippen LogP contribution in [0, 0.1) is 0 Å². The monoisotopic (exact) mass is 230 g/mol. The number of amides is 2. The van der Waals surface area contributed by atoms with E-state index in [1.165, 1.54) is 0 Å². The Labute approximate surface area is 96.8 Å². The number of rotatable bonds is 6. The lowest BCUT2D eigenvalue weighted by Crippen LogP contribution is -2.49. The lowest BCUT2D eigenvalue weighted by Gasteiger charge is -2.27. The van der Waals surface area contributed by atoms with Gasteiger partial charge in [0.1, 0.15) is 6.04 Å². The van der Waals surface area contributed by atoms with Crippen LogP contribution >= 0.6 is 0 Å². The molecule has 0 saturated heterocycles. The van der Waals surface area contributed by atoms with Gasteiger partial charge < -0.3 is 15.3 Å². The molecule has 0 aliphatic rings. The van der Waals surface area contributed by atoms with Crippen LogP contribution in [0.2, 0.25) is 0 Å². The zero-order valence-corrected chi connectivity index (χ0v) is 10.5. The highest BCUT2D eigenvalue weighted by molar-refractivity contribution is 5.82. The minimum absolute atomic E-state index is 0.159. The number of hydrogen-bond acceptors (Lipinski definition) is 2. The SMILES string of the molecule is CCC(CC)N(C)C(=O)N[C@H](CC)C(=O)O. The molecule has 94 valence electrons. The predicted molar refractivity (Wildman–Crippen MR) is 62.4 cm³/mol. The molecule has 0 bridgehead atoms. The first-order chi connectivity index (χ1) is 7.47. The molecule has 0 aliphatic carbocycles. The third kappa shape index (κ3) is 4.08. The standard InChI is InChI=1S/C11H22N2O3/c1-5-8(6-2)13(4)11(16)12-9(7-3)10(14)15/h8-9H,5-7H2,1-4H3,(H,12,16)(H,14,15)/t9-/m1/s1. The molecule has 2 amide bonds. The topological polar surface area (TPSA) is 69.6 Å². The van der Waals surface area contributed by atoms with E-state index in [-0.39, 0.29) is 12.1 Å². The molecule has 0 heterocycles. The van der Waals surface area contributed by atoms with Gasteiger partial charge in [0.05, 0.1) is 0 Å². The fourth-order valence-electron chi connectivity index (χ4n) is 1.59. The second-order valence-corrected chi connectivity index (χ2v) is 3.83. The Bertz CT molecular complexity index is 239. The molecule has 5 nitrogen and oxygen atoms in total. The zero-order chi connectivity index (χ0) is 12.7. The first-order valence-corrected chi connectivity index (χ1v) is 5.73. The summed E-state index contributed by atoms with van der Waals surface area (Å²) in [5, 5.41) is 11.3. The van der Waals surface area contributed by atoms with Crippen molar-refractivity contribution in [1.29, 1.82) is 0 Å². The Morgan fingerprint density at radius 3 is 2.00 bits per heavy atom. The summed E-state index contributed by atoms with van der Waals surface area (Å²) in [7, 11) is 1.70. The van der Waals surface area contributed by atoms with Crippen molar-refractivity contribution in [3.63, 3.8) is 0 Å². The number of carbonyl (C=O) groups excluding carboxylic acids is 1. The third-order valence-corrected chi connectivity index (χ3v) is 2.81. The molecule has 1 atom stereocenters. The van der Waals surface area contributed by atoms with Crippen LogP contribution in [0.4, 0.5) is 4.79 Å². The molecular weight excluding hydrogens is 208 g/mol. The Morgan fingerprint density at radius 2 is 1.69 bits per heavy atom. The van der Waals surface area contributed by atoms with Crippen LogP contribution in [0.15, 0.2) is 0 Å². The molecule has 16 heavy (non-hydrogen) atoms. The number of carbonyl (C=O) groups is 2. The normalized spacial score (nSPS) is 12.3. The van der Waals surface area contributed by atoms with Crippen molar-refractivity contribution in [2.24, 2.45) is 0 Å². The van der Waals surface area contributed by atoms with Crippen LogP contribution < -0.4 is 5.32 Å². The molecule has 0 radical (unpaired) electrons. The van der Waals surface area contributed by atoms with Crippen molar-refractivity contribution in [2.75, 3.05) is 7.05 Å². The number of nitrogens with zero attached hydrogens (tertiary/aromatic N) is 1. The highest BCUT2D eigenvalue weighted by Crippen LogP contribution is 2.06. The summed E-state index contributed by atoms with van der Waals surface area (Å²) in [5.41, 5.74) is 0. The smallest absolute Gasteiger partial charge is 0.326 e. The van der Waals surface area contributed by atoms with Gasteiger partial charge in [0.2, 0.25) is 0 Å². The van der Waals surface area contributed by atoms with Crippen molar-refractivity contribution in [3.05, 3.63) is 0 Å². The van der Waals surface area contributed by atoms with Gasteiger partial charge >= 0.3 is 12.0 Å². The summed E-state index contributed by atoms with van der Waals surface area (Å²) in [6, 6.07) is -0.960. The molecular formula is C11H22N2O3. The molecule has 0 aromatic heterocycles. The van der Waals surface area contributed by atoms with Crippen molar-refractivity contribution in [1.82, 2.24) is 10.2 Å². The fraction of sp³-hybridized carbons (Fsp3) is 0.818. The highest BCUT2D eigenvalue weighted by atomic mass is 16.4. The van der Waals surface area contributed by atoms with Gasteiger partial charge in [-0.2, -0.15) is 0 Å². The van der Waals surface area contributed by atoms with Gasteiger partial charge in [-0.15, -0.1) is 0 Å². The first-order valence-electron chi connectivity index (χ1n) is 5.73. The average Bonchev–Trinajstić information content (AvgIpc) is 2.26. The Balaban J connectivity index is 4.38. The van der Waals surface area contributed by atoms with Crippen LogP contribution in [-0.2, 0) is 4.79 Å². The van der Waals surface area contributed by atoms with E-state index in [0.717, 1.165) is 12.8 Å². The molecule has 0 fully saturated rings. The number of carboxylic acid groups (broad SMARTS) is 1. The molecule has 0 unspecified atom stereocenters. The maximum absolute atomic E-state index is 11.7. The highest BCUT2D eigenvalue weighted by Gasteiger charge is 2.22. The maximum Gasteiger partial charge on any atom is 0.326 e. The van der Waals surface area contributed by atoms with E-state index in [0.29, 0.717) is 6.42 Å². The fourth-order valence-corrected chi connectivity index (χ4v) is 1.59. The van der Waals surface area contributed by atoms with E-state index in [2.05, 4.69) is 5.32 Å². The summed E-state index contributed by atoms with van der Waals surface area (Å²) < 4.78 is 0. The van der Waals surface area contributed by atoms with Gasteiger partial charge in [-0.25, -0.2) is 9.59 Å². The number of urea groups is 1. The van der Waals surface area contributed by atoms with Crippen LogP contribution in [0.1, 0.15) is 40.0 Å². The van der Waals surface area contributed by atoms with Gasteiger partial charge in [0, 0.05) is 13.1 Å². The zero-order valence-electron chi connectivity index (χ0n) is 10.5. The van der Waals surface area contributed by atoms with Crippen molar-refractivity contribution in [2.45, 2.75) is 52.1 Å². The minimum Gasteiger partial charge on any atom is -0.480 e. The molecule has 5 heteroatoms. The lowest BCUT2D eigenvalue weighted by molar-refractivity contribution is -0.139. The van der Waals surface area contributed by atoms with E-state index in [9.17, 15) is 9.59 Å². The number of nitrogens with one attached hydrogen (secondary N) is 1. The van der Waals surface area contributed by atoms with E-state index >= 15 is 0 Å². The van der Waals surface area contributed by atoms with Crippen molar-refractivity contribution in [3.8, 4) is 0 Å². The third-order valence-electron chi connectivity index (χ3n) is 2.81. The maximum atomic E-state index is 11.7. The van der Waals surface area contributed by atoms with Gasteiger partial charge in [0.15, 0.2) is 0 Å². The molecule has 0 spiro atoms. The molecule has 0 aromatic rings. The van der Waals surface area contributed by atoms with Gasteiger partial charge in [-0.05, 0) is 19.3 Å². The van der Waals surface area contributed by atoms with E-state index < -0.39 is 12.0 Å². The first kappa shape index (κ1) is 14.7. The molecule has 0 rings (SSSR count). The summed E-state index contributed by atoms with van der Waals surface area (Å²) in [6.45, 7) is 5.75. The van der Waals surface area contributed by atoms with Gasteiger partial charge in [0.25, 0.3) is 0 Å². The van der Waals surface area contributed by atoms with Crippen LogP contribution in [0.5, 0.6) is 0 Å². The summed E-state index contributed by atoms with van der Waals surface area (Å²) in [6.07, 6.45) is 2.12. The quantitative estimate of drug-likeness (QED) is 0.729. The van der Waals surface area contributed by atoms with Gasteiger partial charge in [-0.1, -0.05) is 20.8 Å². The van der Waals surface area contributed by atoms with Gasteiger partial charge in [-0.3, -0.25) is 0 Å². The predicted octanol–water partition coefficient (Wildman–Crippen LogP) is 1.68. The van der Waals surface area contributed by atoms with Crippen molar-refractivity contribution < 1.29 is 14.7 Å². The average molecular weight is 230 g/mol. The molecule has 0 aromatic carbocycles. The van der Waals surface area contributed by atoms with E-state index in [1.807, 2.05) is 13.8 Å². The van der Waals surface area contributed by atoms with E-state index in [1.54, 1.807) is 18.9 Å². The molecule has 2 N–H and O–H groups in total. The second kappa shape index (κ2) is 7.09. The van der Waals surface area contributed by atoms with Crippen LogP contribution in [0.25, 0.3) is 0 Å². The molecule has 0 saturated carbocycles. The Hall–Kier alpha value is -1.26. The van der Waals surface area contributed by atoms with Crippen LogP contribution in [0.3, 0.4) is 0 Å². The molecule has 0 aliphatic heterocycles. The second-order valence-electron chi connectivity index (χ2n) is 3.83. The summed E-state index contributed by atoms with van der Waals surface area (Å²) in [4.78, 5) is 24.1. The Morgan fingerprint density at radius 1 is 1.19 bits per heavy atom. The Kier molecular flexibility index (Phi) is 6.53. The summed E-state index contributed by atoms with van der Waals surface area (Å²) >= 11 is 0. The van der Waals surface area contributed by atoms with Crippen molar-refractivity contribution >= 4 is 12.0 Å². The largest absolute Gasteiger partial charge is 0.480 e. The van der Waals surface area contributed by atoms with E-state index in [4.69, 9.17) is 5.11 Å². The minimum atomic E-state index is -0.992. The number of aliphatic carboxylic acids is 1. The number of carboxylic acids is 1. The summed E-state index contributed by atoms with van der Waals surface area (Å²) in [5.74, 6) is -0.992.